The van der Waals surface area contributed by atoms with Crippen LogP contribution in [0.4, 0.5) is 17.6 Å². The highest BCUT2D eigenvalue weighted by Crippen LogP contribution is 2.26. The summed E-state index contributed by atoms with van der Waals surface area (Å²) in [5, 5.41) is 0. The number of halogens is 4. The van der Waals surface area contributed by atoms with Gasteiger partial charge in [-0.1, -0.05) is 0 Å². The second-order valence-corrected chi connectivity index (χ2v) is 4.86. The first-order valence-corrected chi connectivity index (χ1v) is 6.09. The highest BCUT2D eigenvalue weighted by Gasteiger charge is 2.26. The maximum Gasteiger partial charge on any atom is 0.577 e. The summed E-state index contributed by atoms with van der Waals surface area (Å²) in [5.41, 5.74) is -0.442. The van der Waals surface area contributed by atoms with E-state index in [1.54, 1.807) is 0 Å². The Morgan fingerprint density at radius 1 is 1.00 bits per heavy atom. The average molecular weight is 283 g/mol. The Morgan fingerprint density at radius 2 is 1.56 bits per heavy atom. The third-order valence-electron chi connectivity index (χ3n) is 2.18. The van der Waals surface area contributed by atoms with Gasteiger partial charge in [-0.05, 0) is 13.0 Å². The third kappa shape index (κ3) is 3.08. The van der Waals surface area contributed by atoms with Crippen molar-refractivity contribution in [1.82, 2.24) is 0 Å². The van der Waals surface area contributed by atoms with Gasteiger partial charge in [0.15, 0.2) is 23.3 Å². The molecule has 0 heterocycles. The first kappa shape index (κ1) is 15.1. The van der Waals surface area contributed by atoms with Crippen LogP contribution in [0.25, 0.3) is 0 Å². The number of hydrogen-bond donors (Lipinski definition) is 0. The first-order chi connectivity index (χ1) is 8.42. The predicted molar refractivity (Wildman–Crippen MR) is 55.5 cm³/mol. The van der Waals surface area contributed by atoms with Crippen molar-refractivity contribution < 1.29 is 30.8 Å². The lowest BCUT2D eigenvalue weighted by Gasteiger charge is -2.17. The summed E-state index contributed by atoms with van der Waals surface area (Å²) in [6.07, 6.45) is -1.04. The summed E-state index contributed by atoms with van der Waals surface area (Å²) in [6.45, 7) is 1.35. The maximum absolute atomic E-state index is 13.4. The molecule has 1 radical (unpaired) electrons. The van der Waals surface area contributed by atoms with Crippen molar-refractivity contribution in [2.45, 2.75) is 13.0 Å². The van der Waals surface area contributed by atoms with Gasteiger partial charge in [0.05, 0.1) is 6.10 Å². The molecule has 1 aromatic carbocycles. The largest absolute Gasteiger partial charge is 0.577 e. The SMILES string of the molecule is CO[Si](OC)OC(C)c1cc(F)c(F)c(F)c1F. The Hall–Kier alpha value is -0.963. The number of hydrogen-bond acceptors (Lipinski definition) is 3. The van der Waals surface area contributed by atoms with Crippen molar-refractivity contribution in [2.24, 2.45) is 0 Å². The van der Waals surface area contributed by atoms with E-state index in [0.29, 0.717) is 6.07 Å². The second kappa shape index (κ2) is 6.28. The van der Waals surface area contributed by atoms with Gasteiger partial charge in [0.25, 0.3) is 0 Å². The van der Waals surface area contributed by atoms with Gasteiger partial charge in [0, 0.05) is 19.8 Å². The fourth-order valence-corrected chi connectivity index (χ4v) is 2.05. The van der Waals surface area contributed by atoms with Crippen molar-refractivity contribution in [1.29, 1.82) is 0 Å². The van der Waals surface area contributed by atoms with Gasteiger partial charge >= 0.3 is 9.53 Å². The van der Waals surface area contributed by atoms with E-state index in [4.69, 9.17) is 13.3 Å². The zero-order valence-electron chi connectivity index (χ0n) is 9.89. The molecular weight excluding hydrogens is 272 g/mol. The van der Waals surface area contributed by atoms with Crippen LogP contribution >= 0.6 is 0 Å². The van der Waals surface area contributed by atoms with E-state index < -0.39 is 44.5 Å². The Labute approximate surface area is 103 Å². The highest BCUT2D eigenvalue weighted by atomic mass is 28.3. The Bertz CT molecular complexity index is 426. The molecule has 0 saturated carbocycles. The standard InChI is InChI=1S/C10H11F4O3Si/c1-5(17-18(15-2)16-3)6-4-7(11)9(13)10(14)8(6)12/h4-5H,1-3H3. The molecule has 8 heteroatoms. The van der Waals surface area contributed by atoms with Gasteiger partial charge in [-0.3, -0.25) is 0 Å². The fourth-order valence-electron chi connectivity index (χ4n) is 1.27. The molecule has 0 fully saturated rings. The van der Waals surface area contributed by atoms with E-state index in [-0.39, 0.29) is 0 Å². The molecule has 0 aliphatic rings. The van der Waals surface area contributed by atoms with E-state index in [0.717, 1.165) is 0 Å². The lowest BCUT2D eigenvalue weighted by Crippen LogP contribution is -2.26. The van der Waals surface area contributed by atoms with Crippen LogP contribution in [-0.4, -0.2) is 23.7 Å². The Balaban J connectivity index is 3.02. The smallest absolute Gasteiger partial charge is 0.375 e. The van der Waals surface area contributed by atoms with Crippen molar-refractivity contribution in [2.75, 3.05) is 14.2 Å². The molecule has 18 heavy (non-hydrogen) atoms. The topological polar surface area (TPSA) is 27.7 Å². The monoisotopic (exact) mass is 283 g/mol. The average Bonchev–Trinajstić information content (AvgIpc) is 2.37. The zero-order valence-corrected chi connectivity index (χ0v) is 10.9. The van der Waals surface area contributed by atoms with Gasteiger partial charge in [0.2, 0.25) is 0 Å². The van der Waals surface area contributed by atoms with E-state index in [2.05, 4.69) is 0 Å². The molecule has 3 nitrogen and oxygen atoms in total. The molecule has 1 aromatic rings. The summed E-state index contributed by atoms with van der Waals surface area (Å²) in [6, 6.07) is 0.545. The minimum absolute atomic E-state index is 0.442. The Morgan fingerprint density at radius 3 is 2.06 bits per heavy atom. The van der Waals surface area contributed by atoms with Crippen LogP contribution in [0.1, 0.15) is 18.6 Å². The van der Waals surface area contributed by atoms with Crippen molar-refractivity contribution in [3.05, 3.63) is 34.9 Å². The molecule has 0 bridgehead atoms. The summed E-state index contributed by atoms with van der Waals surface area (Å²) in [4.78, 5) is 0. The van der Waals surface area contributed by atoms with E-state index in [9.17, 15) is 17.6 Å². The quantitative estimate of drug-likeness (QED) is 0.360. The van der Waals surface area contributed by atoms with E-state index in [1.165, 1.54) is 21.1 Å². The Kier molecular flexibility index (Phi) is 5.26. The fraction of sp³-hybridized carbons (Fsp3) is 0.400. The van der Waals surface area contributed by atoms with Crippen LogP contribution in [0.5, 0.6) is 0 Å². The van der Waals surface area contributed by atoms with Crippen molar-refractivity contribution in [3.63, 3.8) is 0 Å². The summed E-state index contributed by atoms with van der Waals surface area (Å²) in [5.74, 6) is -6.70. The molecule has 1 atom stereocenters. The molecule has 1 unspecified atom stereocenters. The van der Waals surface area contributed by atoms with Crippen LogP contribution < -0.4 is 0 Å². The molecular formula is C10H11F4O3Si. The van der Waals surface area contributed by atoms with E-state index >= 15 is 0 Å². The first-order valence-electron chi connectivity index (χ1n) is 4.86. The molecule has 0 amide bonds. The highest BCUT2D eigenvalue weighted by molar-refractivity contribution is 6.36. The van der Waals surface area contributed by atoms with Crippen LogP contribution in [0.15, 0.2) is 6.07 Å². The molecule has 101 valence electrons. The molecule has 0 saturated heterocycles. The normalized spacial score (nSPS) is 13.1. The second-order valence-electron chi connectivity index (χ2n) is 3.31. The molecule has 0 N–H and O–H groups in total. The minimum Gasteiger partial charge on any atom is -0.375 e. The van der Waals surface area contributed by atoms with Gasteiger partial charge in [-0.25, -0.2) is 17.6 Å². The summed E-state index contributed by atoms with van der Waals surface area (Å²) in [7, 11) is 0.498. The molecule has 1 rings (SSSR count). The van der Waals surface area contributed by atoms with Gasteiger partial charge in [0.1, 0.15) is 0 Å². The molecule has 0 aliphatic heterocycles. The van der Waals surface area contributed by atoms with Crippen LogP contribution in [0.3, 0.4) is 0 Å². The lowest BCUT2D eigenvalue weighted by molar-refractivity contribution is 0.0925. The lowest BCUT2D eigenvalue weighted by atomic mass is 10.1. The van der Waals surface area contributed by atoms with Crippen molar-refractivity contribution >= 4 is 9.53 Å². The molecule has 0 aliphatic carbocycles. The van der Waals surface area contributed by atoms with Gasteiger partial charge < -0.3 is 13.3 Å². The minimum atomic E-state index is -2.13. The number of rotatable bonds is 5. The van der Waals surface area contributed by atoms with Gasteiger partial charge in [-0.15, -0.1) is 0 Å². The summed E-state index contributed by atoms with van der Waals surface area (Å²) < 4.78 is 66.9. The maximum atomic E-state index is 13.4. The zero-order chi connectivity index (χ0) is 13.9. The predicted octanol–water partition coefficient (Wildman–Crippen LogP) is 2.60. The van der Waals surface area contributed by atoms with Crippen molar-refractivity contribution in [3.8, 4) is 0 Å². The van der Waals surface area contributed by atoms with Crippen LogP contribution in [-0.2, 0) is 13.3 Å². The van der Waals surface area contributed by atoms with E-state index in [1.807, 2.05) is 0 Å². The summed E-state index contributed by atoms with van der Waals surface area (Å²) >= 11 is 0. The molecule has 0 spiro atoms. The number of benzene rings is 1. The van der Waals surface area contributed by atoms with Crippen LogP contribution in [0, 0.1) is 23.3 Å². The third-order valence-corrected chi connectivity index (χ3v) is 3.39. The van der Waals surface area contributed by atoms with Gasteiger partial charge in [-0.2, -0.15) is 0 Å². The van der Waals surface area contributed by atoms with Crippen LogP contribution in [0.2, 0.25) is 0 Å². The molecule has 0 aromatic heterocycles.